The van der Waals surface area contributed by atoms with Gasteiger partial charge in [0.25, 0.3) is 5.56 Å². The molecule has 0 saturated carbocycles. The fourth-order valence-electron chi connectivity index (χ4n) is 0.835. The van der Waals surface area contributed by atoms with Crippen LogP contribution < -0.4 is 5.56 Å². The van der Waals surface area contributed by atoms with E-state index in [2.05, 4.69) is 14.9 Å². The highest BCUT2D eigenvalue weighted by molar-refractivity contribution is 5.71. The summed E-state index contributed by atoms with van der Waals surface area (Å²) in [6, 6.07) is 1.33. The number of H-pyrrole nitrogens is 2. The van der Waals surface area contributed by atoms with E-state index in [-0.39, 0.29) is 17.9 Å². The number of hydrogen-bond acceptors (Lipinski definition) is 3. The smallest absolute Gasteiger partial charge is 0.311 e. The molecular weight excluding hydrogens is 160 g/mol. The monoisotopic (exact) mass is 170 g/mol. The molecule has 0 radical (unpaired) electrons. The number of aromatic amines is 2. The fraction of sp³-hybridized carbons (Fsp3) is 0.429. The van der Waals surface area contributed by atoms with Crippen molar-refractivity contribution >= 4 is 5.97 Å². The Labute approximate surface area is 68.7 Å². The largest absolute Gasteiger partial charge is 0.466 e. The predicted octanol–water partition coefficient (Wildman–Crippen LogP) is -0.191. The van der Waals surface area contributed by atoms with Crippen LogP contribution in [-0.4, -0.2) is 22.8 Å². The summed E-state index contributed by atoms with van der Waals surface area (Å²) in [5.74, 6) is -0.340. The lowest BCUT2D eigenvalue weighted by Crippen LogP contribution is -2.07. The molecule has 0 saturated heterocycles. The normalized spacial score (nSPS) is 9.75. The molecule has 0 atom stereocenters. The minimum absolute atomic E-state index is 0.104. The van der Waals surface area contributed by atoms with Crippen LogP contribution in [0.3, 0.4) is 0 Å². The van der Waals surface area contributed by atoms with Crippen molar-refractivity contribution in [1.82, 2.24) is 10.2 Å². The zero-order valence-corrected chi connectivity index (χ0v) is 6.72. The minimum Gasteiger partial charge on any atom is -0.466 e. The minimum atomic E-state index is -0.340. The highest BCUT2D eigenvalue weighted by Crippen LogP contribution is 1.91. The number of carbonyl (C=O) groups is 1. The Hall–Kier alpha value is -1.52. The number of carbonyl (C=O) groups excluding carboxylic acids is 1. The molecule has 0 unspecified atom stereocenters. The van der Waals surface area contributed by atoms with E-state index in [4.69, 9.17) is 0 Å². The van der Waals surface area contributed by atoms with E-state index in [9.17, 15) is 9.59 Å². The number of hydrogen-bond donors (Lipinski definition) is 2. The summed E-state index contributed by atoms with van der Waals surface area (Å²) in [4.78, 5) is 21.5. The lowest BCUT2D eigenvalue weighted by atomic mass is 10.3. The molecule has 0 amide bonds. The van der Waals surface area contributed by atoms with Crippen molar-refractivity contribution in [3.8, 4) is 0 Å². The highest BCUT2D eigenvalue weighted by atomic mass is 16.5. The number of aromatic nitrogens is 2. The molecule has 2 N–H and O–H groups in total. The van der Waals surface area contributed by atoms with Crippen LogP contribution in [0.5, 0.6) is 0 Å². The first-order valence-corrected chi connectivity index (χ1v) is 3.64. The number of nitrogens with one attached hydrogen (secondary N) is 2. The van der Waals surface area contributed by atoms with Gasteiger partial charge in [0.1, 0.15) is 0 Å². The topological polar surface area (TPSA) is 75.0 Å². The van der Waals surface area contributed by atoms with E-state index in [1.165, 1.54) is 6.07 Å². The van der Waals surface area contributed by atoms with Gasteiger partial charge in [0.15, 0.2) is 0 Å². The molecule has 0 spiro atoms. The summed E-state index contributed by atoms with van der Waals surface area (Å²) in [5.41, 5.74) is 0.299. The standard InChI is InChI=1S/C7H10N2O3/c1-2-12-7(11)4-5-3-6(10)9-8-5/h3H,2,4H2,1H3,(H2,8,9,10). The van der Waals surface area contributed by atoms with Crippen LogP contribution in [0.15, 0.2) is 10.9 Å². The third-order valence-corrected chi connectivity index (χ3v) is 1.29. The third kappa shape index (κ3) is 2.26. The molecule has 1 heterocycles. The average Bonchev–Trinajstić information content (AvgIpc) is 2.36. The van der Waals surface area contributed by atoms with Crippen molar-refractivity contribution in [2.24, 2.45) is 0 Å². The van der Waals surface area contributed by atoms with Gasteiger partial charge >= 0.3 is 5.97 Å². The van der Waals surface area contributed by atoms with Gasteiger partial charge in [0, 0.05) is 11.8 Å². The predicted molar refractivity (Wildman–Crippen MR) is 41.8 cm³/mol. The Kier molecular flexibility index (Phi) is 2.68. The zero-order chi connectivity index (χ0) is 8.97. The molecule has 0 aromatic carbocycles. The maximum Gasteiger partial charge on any atom is 0.311 e. The van der Waals surface area contributed by atoms with Crippen molar-refractivity contribution in [1.29, 1.82) is 0 Å². The molecule has 12 heavy (non-hydrogen) atoms. The second-order valence-electron chi connectivity index (χ2n) is 2.27. The molecule has 1 rings (SSSR count). The van der Waals surface area contributed by atoms with Gasteiger partial charge < -0.3 is 9.84 Å². The van der Waals surface area contributed by atoms with Gasteiger partial charge in [0.05, 0.1) is 13.0 Å². The van der Waals surface area contributed by atoms with Crippen molar-refractivity contribution in [3.63, 3.8) is 0 Å². The van der Waals surface area contributed by atoms with Gasteiger partial charge in [-0.05, 0) is 6.92 Å². The molecule has 1 aromatic rings. The SMILES string of the molecule is CCOC(=O)Cc1cc(=O)[nH][nH]1. The Morgan fingerprint density at radius 2 is 2.33 bits per heavy atom. The van der Waals surface area contributed by atoms with Gasteiger partial charge in [0.2, 0.25) is 0 Å². The van der Waals surface area contributed by atoms with E-state index in [1.807, 2.05) is 0 Å². The molecule has 5 heteroatoms. The maximum atomic E-state index is 10.9. The fourth-order valence-corrected chi connectivity index (χ4v) is 0.835. The Balaban J connectivity index is 2.52. The lowest BCUT2D eigenvalue weighted by Gasteiger charge is -1.97. The third-order valence-electron chi connectivity index (χ3n) is 1.29. The molecule has 66 valence electrons. The summed E-state index contributed by atoms with van der Waals surface area (Å²) in [5, 5.41) is 4.88. The first-order chi connectivity index (χ1) is 5.72. The maximum absolute atomic E-state index is 10.9. The first-order valence-electron chi connectivity index (χ1n) is 3.64. The van der Waals surface area contributed by atoms with E-state index >= 15 is 0 Å². The first kappa shape index (κ1) is 8.58. The second-order valence-corrected chi connectivity index (χ2v) is 2.27. The van der Waals surface area contributed by atoms with Crippen LogP contribution in [0, 0.1) is 0 Å². The van der Waals surface area contributed by atoms with Gasteiger partial charge in [-0.1, -0.05) is 0 Å². The molecular formula is C7H10N2O3. The summed E-state index contributed by atoms with van der Waals surface area (Å²) in [7, 11) is 0. The van der Waals surface area contributed by atoms with Crippen LogP contribution in [0.4, 0.5) is 0 Å². The molecule has 0 aliphatic heterocycles. The van der Waals surface area contributed by atoms with Crippen LogP contribution >= 0.6 is 0 Å². The van der Waals surface area contributed by atoms with Crippen LogP contribution in [0.25, 0.3) is 0 Å². The summed E-state index contributed by atoms with van der Waals surface area (Å²) >= 11 is 0. The average molecular weight is 170 g/mol. The Morgan fingerprint density at radius 1 is 1.58 bits per heavy atom. The van der Waals surface area contributed by atoms with E-state index < -0.39 is 0 Å². The van der Waals surface area contributed by atoms with E-state index in [0.717, 1.165) is 0 Å². The van der Waals surface area contributed by atoms with Crippen LogP contribution in [-0.2, 0) is 16.0 Å². The molecule has 1 aromatic heterocycles. The van der Waals surface area contributed by atoms with E-state index in [1.54, 1.807) is 6.92 Å². The summed E-state index contributed by atoms with van der Waals surface area (Å²) < 4.78 is 4.68. The molecule has 0 aliphatic rings. The molecule has 0 fully saturated rings. The van der Waals surface area contributed by atoms with Crippen molar-refractivity contribution in [2.45, 2.75) is 13.3 Å². The number of ether oxygens (including phenoxy) is 1. The van der Waals surface area contributed by atoms with Gasteiger partial charge in [-0.2, -0.15) is 0 Å². The Morgan fingerprint density at radius 3 is 2.83 bits per heavy atom. The molecule has 0 bridgehead atoms. The summed E-state index contributed by atoms with van der Waals surface area (Å²) in [6.45, 7) is 2.09. The number of esters is 1. The van der Waals surface area contributed by atoms with Crippen molar-refractivity contribution in [2.75, 3.05) is 6.61 Å². The van der Waals surface area contributed by atoms with Crippen molar-refractivity contribution in [3.05, 3.63) is 22.1 Å². The van der Waals surface area contributed by atoms with Gasteiger partial charge in [-0.25, -0.2) is 0 Å². The van der Waals surface area contributed by atoms with E-state index in [0.29, 0.717) is 12.3 Å². The van der Waals surface area contributed by atoms with Crippen LogP contribution in [0.1, 0.15) is 12.6 Å². The Bertz CT molecular complexity index is 312. The molecule has 0 aliphatic carbocycles. The highest BCUT2D eigenvalue weighted by Gasteiger charge is 2.04. The quantitative estimate of drug-likeness (QED) is 0.617. The number of rotatable bonds is 3. The zero-order valence-electron chi connectivity index (χ0n) is 6.72. The summed E-state index contributed by atoms with van der Waals surface area (Å²) in [6.07, 6.45) is 0.104. The van der Waals surface area contributed by atoms with Gasteiger partial charge in [-0.15, -0.1) is 0 Å². The lowest BCUT2D eigenvalue weighted by molar-refractivity contribution is -0.142. The van der Waals surface area contributed by atoms with Crippen LogP contribution in [0.2, 0.25) is 0 Å². The van der Waals surface area contributed by atoms with Gasteiger partial charge in [-0.3, -0.25) is 14.7 Å². The molecule has 5 nitrogen and oxygen atoms in total. The second kappa shape index (κ2) is 3.75. The van der Waals surface area contributed by atoms with Crippen molar-refractivity contribution < 1.29 is 9.53 Å².